The van der Waals surface area contributed by atoms with Crippen LogP contribution in [0.4, 0.5) is 0 Å². The van der Waals surface area contributed by atoms with Crippen LogP contribution in [0.3, 0.4) is 0 Å². The molecule has 8 aromatic rings. The second-order valence-electron chi connectivity index (χ2n) is 24.3. The summed E-state index contributed by atoms with van der Waals surface area (Å²) in [4.78, 5) is 117. The third-order valence-electron chi connectivity index (χ3n) is 18.5. The first-order chi connectivity index (χ1) is 45.7. The number of hydrogen-bond acceptors (Lipinski definition) is 16. The van der Waals surface area contributed by atoms with E-state index in [9.17, 15) is 38.4 Å². The van der Waals surface area contributed by atoms with E-state index in [0.717, 1.165) is 82.6 Å². The molecule has 7 aliphatic rings. The molecule has 21 heteroatoms. The van der Waals surface area contributed by atoms with Gasteiger partial charge in [-0.3, -0.25) is 67.8 Å². The summed E-state index contributed by atoms with van der Waals surface area (Å²) >= 11 is 3.50. The number of halogens is 1. The van der Waals surface area contributed by atoms with Crippen LogP contribution in [0.1, 0.15) is 102 Å². The number of benzene rings is 8. The molecule has 8 amide bonds. The fourth-order valence-electron chi connectivity index (χ4n) is 13.5. The quantitative estimate of drug-likeness (QED) is 0.0932. The van der Waals surface area contributed by atoms with Crippen molar-refractivity contribution in [3.63, 3.8) is 0 Å². The molecular weight excluding hydrogens is 1260 g/mol. The normalized spacial score (nSPS) is 17.4. The van der Waals surface area contributed by atoms with Crippen LogP contribution in [-0.2, 0) is 9.47 Å². The molecule has 0 radical (unpaired) electrons. The van der Waals surface area contributed by atoms with Gasteiger partial charge < -0.3 is 28.7 Å². The van der Waals surface area contributed by atoms with Gasteiger partial charge in [-0.15, -0.1) is 0 Å². The Balaban J connectivity index is 0.000000120. The number of likely N-dealkylation sites (tertiary alicyclic amines) is 1. The molecule has 0 bridgehead atoms. The highest BCUT2D eigenvalue weighted by Crippen LogP contribution is 2.41. The number of ether oxygens (including phenoxy) is 4. The molecule has 8 aromatic carbocycles. The van der Waals surface area contributed by atoms with Crippen molar-refractivity contribution in [2.24, 2.45) is 0 Å². The molecular formula is C73H75BrN8O12. The van der Waals surface area contributed by atoms with Gasteiger partial charge in [-0.2, -0.15) is 0 Å². The van der Waals surface area contributed by atoms with Gasteiger partial charge in [-0.25, -0.2) is 0 Å². The van der Waals surface area contributed by atoms with Gasteiger partial charge in [0.1, 0.15) is 11.5 Å². The average Bonchev–Trinajstić information content (AvgIpc) is 0.763. The van der Waals surface area contributed by atoms with E-state index in [2.05, 4.69) is 30.6 Å². The topological polar surface area (TPSA) is 199 Å². The monoisotopic (exact) mass is 1330 g/mol. The van der Waals surface area contributed by atoms with Crippen LogP contribution in [0.15, 0.2) is 132 Å². The van der Waals surface area contributed by atoms with Crippen LogP contribution >= 0.6 is 15.9 Å². The van der Waals surface area contributed by atoms with Gasteiger partial charge in [0, 0.05) is 149 Å². The summed E-state index contributed by atoms with van der Waals surface area (Å²) in [6.45, 7) is 12.8. The highest BCUT2D eigenvalue weighted by atomic mass is 79.9. The standard InChI is InChI=1S/C19H20N2O2.C18H17BrN2O3.C18H20N2O4.C18H18N2O3/c22-18-15-8-4-6-14-7-5-9-16(17(14)15)19(23)21(18)13-12-20-10-2-1-3-11-20;19-15-5-4-14-16-12(15)2-1-3-13(16)17(22)21(18(14)23)7-6-20-8-10-24-11-9-20;1-19(2)9-10-20-17(21)11-5-7-13(23-3)16-14(24-4)8-6-12(15(11)16)18(20)22;21-17-14-5-1-3-13-4-2-6-15(16(13)14)18(22)20(17)8-7-19-9-11-23-12-10-19/h4-9H,1-3,10-13H2;1-5H,6-11H2;5-8H,9-10H2,1-4H3;1-6H,7-12H2. The van der Waals surface area contributed by atoms with Crippen LogP contribution in [0.2, 0.25) is 0 Å². The Bertz CT molecular complexity index is 4000. The van der Waals surface area contributed by atoms with Crippen molar-refractivity contribution in [3.05, 3.63) is 176 Å². The van der Waals surface area contributed by atoms with Crippen molar-refractivity contribution < 1.29 is 57.3 Å². The Morgan fingerprint density at radius 1 is 0.362 bits per heavy atom. The maximum Gasteiger partial charge on any atom is 0.261 e. The third kappa shape index (κ3) is 13.0. The average molecular weight is 1340 g/mol. The van der Waals surface area contributed by atoms with E-state index in [4.69, 9.17) is 18.9 Å². The number of amides is 8. The van der Waals surface area contributed by atoms with E-state index in [1.807, 2.05) is 110 Å². The summed E-state index contributed by atoms with van der Waals surface area (Å²) in [5.74, 6) is -0.503. The smallest absolute Gasteiger partial charge is 0.261 e. The van der Waals surface area contributed by atoms with Gasteiger partial charge in [0.2, 0.25) is 0 Å². The van der Waals surface area contributed by atoms with Crippen molar-refractivity contribution in [2.75, 3.05) is 146 Å². The molecule has 7 heterocycles. The molecule has 0 atom stereocenters. The summed E-state index contributed by atoms with van der Waals surface area (Å²) in [6.07, 6.45) is 3.71. The fraction of sp³-hybridized carbons (Fsp3) is 0.342. The first-order valence-corrected chi connectivity index (χ1v) is 32.8. The largest absolute Gasteiger partial charge is 0.496 e. The fourth-order valence-corrected chi connectivity index (χ4v) is 13.9. The third-order valence-corrected chi connectivity index (χ3v) is 19.2. The van der Waals surface area contributed by atoms with Gasteiger partial charge in [-0.1, -0.05) is 83.0 Å². The number of piperidine rings is 1. The zero-order chi connectivity index (χ0) is 65.7. The Morgan fingerprint density at radius 2 is 0.691 bits per heavy atom. The maximum absolute atomic E-state index is 12.8. The predicted molar refractivity (Wildman–Crippen MR) is 361 cm³/mol. The Labute approximate surface area is 553 Å². The molecule has 7 aliphatic heterocycles. The maximum atomic E-state index is 12.8. The van der Waals surface area contributed by atoms with Crippen LogP contribution in [-0.4, -0.2) is 233 Å². The molecule has 0 N–H and O–H groups in total. The van der Waals surface area contributed by atoms with Gasteiger partial charge in [0.25, 0.3) is 47.3 Å². The van der Waals surface area contributed by atoms with E-state index in [0.29, 0.717) is 139 Å². The molecule has 15 rings (SSSR count). The number of likely N-dealkylation sites (N-methyl/N-ethyl adjacent to an activating group) is 1. The summed E-state index contributed by atoms with van der Waals surface area (Å²) < 4.78 is 22.4. The minimum absolute atomic E-state index is 0.156. The Morgan fingerprint density at radius 3 is 1.07 bits per heavy atom. The molecule has 0 aromatic heterocycles. The minimum Gasteiger partial charge on any atom is -0.496 e. The molecule has 20 nitrogen and oxygen atoms in total. The van der Waals surface area contributed by atoms with Gasteiger partial charge in [0.05, 0.1) is 46.0 Å². The summed E-state index contributed by atoms with van der Waals surface area (Å²) in [6, 6.07) is 38.7. The van der Waals surface area contributed by atoms with E-state index >= 15 is 0 Å². The number of hydrogen-bond donors (Lipinski definition) is 0. The van der Waals surface area contributed by atoms with Gasteiger partial charge in [-0.05, 0) is 123 Å². The molecule has 3 fully saturated rings. The summed E-state index contributed by atoms with van der Waals surface area (Å²) in [5.41, 5.74) is 4.75. The van der Waals surface area contributed by atoms with E-state index in [1.54, 1.807) is 50.6 Å². The lowest BCUT2D eigenvalue weighted by Gasteiger charge is -2.31. The number of methoxy groups -OCH3 is 2. The number of rotatable bonds is 14. The number of carbonyl (C=O) groups is 8. The summed E-state index contributed by atoms with van der Waals surface area (Å²) in [5, 5.41) is 6.40. The Kier molecular flexibility index (Phi) is 20.0. The van der Waals surface area contributed by atoms with Crippen molar-refractivity contribution in [2.45, 2.75) is 19.3 Å². The zero-order valence-corrected chi connectivity index (χ0v) is 54.9. The van der Waals surface area contributed by atoms with E-state index < -0.39 is 0 Å². The van der Waals surface area contributed by atoms with Crippen molar-refractivity contribution in [3.8, 4) is 11.5 Å². The van der Waals surface area contributed by atoms with E-state index in [-0.39, 0.29) is 47.3 Å². The number of morpholine rings is 2. The highest BCUT2D eigenvalue weighted by Gasteiger charge is 2.38. The lowest BCUT2D eigenvalue weighted by molar-refractivity contribution is 0.0311. The molecule has 0 saturated carbocycles. The van der Waals surface area contributed by atoms with Gasteiger partial charge >= 0.3 is 0 Å². The zero-order valence-electron chi connectivity index (χ0n) is 53.3. The SMILES string of the molecule is COc1ccc2c3c(ccc(OC)c13)C(=O)N(CCN(C)C)C2=O.O=C1c2cccc3c(Br)ccc(c23)C(=O)N1CCN1CCOCC1.O=C1c2cccc3cccc(c23)C(=O)N1CCN1CCCCC1.O=C1c2cccc3cccc(c23)C(=O)N1CCN1CCOCC1. The second kappa shape index (κ2) is 28.8. The van der Waals surface area contributed by atoms with Crippen molar-refractivity contribution >= 4 is 106 Å². The van der Waals surface area contributed by atoms with Crippen LogP contribution in [0, 0.1) is 0 Å². The molecule has 0 aliphatic carbocycles. The highest BCUT2D eigenvalue weighted by molar-refractivity contribution is 9.10. The molecule has 0 spiro atoms. The van der Waals surface area contributed by atoms with Gasteiger partial charge in [0.15, 0.2) is 0 Å². The van der Waals surface area contributed by atoms with Crippen LogP contribution in [0.25, 0.3) is 43.1 Å². The lowest BCUT2D eigenvalue weighted by atomic mass is 9.93. The number of nitrogens with zero attached hydrogens (tertiary/aromatic N) is 8. The molecule has 3 saturated heterocycles. The van der Waals surface area contributed by atoms with Crippen LogP contribution < -0.4 is 9.47 Å². The second-order valence-corrected chi connectivity index (χ2v) is 25.1. The number of imide groups is 4. The van der Waals surface area contributed by atoms with Crippen molar-refractivity contribution in [1.29, 1.82) is 0 Å². The lowest BCUT2D eigenvalue weighted by Crippen LogP contribution is -2.46. The first-order valence-electron chi connectivity index (χ1n) is 32.0. The Hall–Kier alpha value is -8.80. The molecule has 94 heavy (non-hydrogen) atoms. The van der Waals surface area contributed by atoms with Crippen molar-refractivity contribution in [1.82, 2.24) is 39.2 Å². The first kappa shape index (κ1) is 65.3. The molecule has 0 unspecified atom stereocenters. The number of carbonyl (C=O) groups excluding carboxylic acids is 8. The minimum atomic E-state index is -0.282. The van der Waals surface area contributed by atoms with Crippen LogP contribution in [0.5, 0.6) is 11.5 Å². The van der Waals surface area contributed by atoms with E-state index in [1.165, 1.54) is 38.9 Å². The predicted octanol–water partition coefficient (Wildman–Crippen LogP) is 9.23. The summed E-state index contributed by atoms with van der Waals surface area (Å²) in [7, 11) is 6.92. The molecule has 486 valence electrons.